The van der Waals surface area contributed by atoms with E-state index in [1.54, 1.807) is 18.2 Å². The standard InChI is InChI=1S/C21H19F4N3O3/c22-19(9-10-19)20(17(30)27-18(31)28-20)11-26-16(29)15-4-2-1-3-14(15)12-5-7-13(8-6-12)21(23,24)25/h1-8,18,28,31H,9-11H2,(H,26,29)(H,27,30). The van der Waals surface area contributed by atoms with Gasteiger partial charge in [0.25, 0.3) is 5.91 Å². The summed E-state index contributed by atoms with van der Waals surface area (Å²) in [4.78, 5) is 25.2. The molecule has 2 unspecified atom stereocenters. The Morgan fingerprint density at radius 2 is 1.77 bits per heavy atom. The molecule has 2 aromatic carbocycles. The quantitative estimate of drug-likeness (QED) is 0.541. The predicted molar refractivity (Wildman–Crippen MR) is 102 cm³/mol. The molecule has 4 N–H and O–H groups in total. The highest BCUT2D eigenvalue weighted by Gasteiger charge is 2.67. The van der Waals surface area contributed by atoms with Gasteiger partial charge in [-0.05, 0) is 42.2 Å². The molecule has 1 aliphatic heterocycles. The fourth-order valence-electron chi connectivity index (χ4n) is 3.82. The van der Waals surface area contributed by atoms with Crippen LogP contribution in [-0.4, -0.2) is 41.0 Å². The average Bonchev–Trinajstić information content (AvgIpc) is 3.41. The molecule has 0 radical (unpaired) electrons. The maximum atomic E-state index is 14.9. The van der Waals surface area contributed by atoms with Gasteiger partial charge in [0.05, 0.1) is 5.56 Å². The zero-order valence-electron chi connectivity index (χ0n) is 16.1. The van der Waals surface area contributed by atoms with Gasteiger partial charge < -0.3 is 15.7 Å². The number of hydrogen-bond donors (Lipinski definition) is 4. The SMILES string of the molecule is O=C(NCC1(C2(F)CC2)NC(O)NC1=O)c1ccccc1-c1ccc(C(F)(F)F)cc1. The number of halogens is 4. The topological polar surface area (TPSA) is 90.5 Å². The summed E-state index contributed by atoms with van der Waals surface area (Å²) in [6.07, 6.45) is -5.69. The summed E-state index contributed by atoms with van der Waals surface area (Å²) in [7, 11) is 0. The van der Waals surface area contributed by atoms with Crippen LogP contribution in [0.15, 0.2) is 48.5 Å². The van der Waals surface area contributed by atoms with Gasteiger partial charge in [-0.2, -0.15) is 13.2 Å². The summed E-state index contributed by atoms with van der Waals surface area (Å²) in [6.45, 7) is -0.410. The number of benzene rings is 2. The summed E-state index contributed by atoms with van der Waals surface area (Å²) in [5.74, 6) is -1.38. The number of carbonyl (C=O) groups is 2. The fourth-order valence-corrected chi connectivity index (χ4v) is 3.82. The lowest BCUT2D eigenvalue weighted by atomic mass is 9.90. The first-order valence-electron chi connectivity index (χ1n) is 9.56. The van der Waals surface area contributed by atoms with E-state index in [0.29, 0.717) is 11.1 Å². The number of alkyl halides is 4. The molecule has 4 rings (SSSR count). The van der Waals surface area contributed by atoms with E-state index in [0.717, 1.165) is 12.1 Å². The second kappa shape index (κ2) is 7.31. The average molecular weight is 437 g/mol. The molecule has 1 heterocycles. The molecule has 1 saturated carbocycles. The van der Waals surface area contributed by atoms with Crippen LogP contribution in [0.4, 0.5) is 17.6 Å². The van der Waals surface area contributed by atoms with Gasteiger partial charge in [-0.15, -0.1) is 0 Å². The number of aliphatic hydroxyl groups is 1. The second-order valence-corrected chi connectivity index (χ2v) is 7.69. The van der Waals surface area contributed by atoms with Crippen LogP contribution in [0.2, 0.25) is 0 Å². The maximum Gasteiger partial charge on any atom is 0.416 e. The number of aliphatic hydroxyl groups excluding tert-OH is 1. The van der Waals surface area contributed by atoms with E-state index in [9.17, 15) is 32.3 Å². The van der Waals surface area contributed by atoms with Gasteiger partial charge in [0.2, 0.25) is 5.91 Å². The Morgan fingerprint density at radius 1 is 1.13 bits per heavy atom. The van der Waals surface area contributed by atoms with E-state index in [1.165, 1.54) is 18.2 Å². The lowest BCUT2D eigenvalue weighted by Gasteiger charge is -2.30. The number of rotatable bonds is 5. The smallest absolute Gasteiger partial charge is 0.361 e. The van der Waals surface area contributed by atoms with Crippen LogP contribution in [0.1, 0.15) is 28.8 Å². The van der Waals surface area contributed by atoms with E-state index in [2.05, 4.69) is 16.0 Å². The highest BCUT2D eigenvalue weighted by Crippen LogP contribution is 2.49. The molecule has 0 aromatic heterocycles. The first kappa shape index (κ1) is 21.3. The van der Waals surface area contributed by atoms with E-state index in [1.807, 2.05) is 0 Å². The molecule has 10 heteroatoms. The first-order chi connectivity index (χ1) is 14.6. The van der Waals surface area contributed by atoms with Crippen molar-refractivity contribution in [1.29, 1.82) is 0 Å². The molecule has 6 nitrogen and oxygen atoms in total. The second-order valence-electron chi connectivity index (χ2n) is 7.69. The van der Waals surface area contributed by atoms with Gasteiger partial charge in [0.15, 0.2) is 11.9 Å². The van der Waals surface area contributed by atoms with Gasteiger partial charge >= 0.3 is 6.18 Å². The van der Waals surface area contributed by atoms with E-state index in [4.69, 9.17) is 0 Å². The highest BCUT2D eigenvalue weighted by molar-refractivity contribution is 6.01. The molecule has 2 aromatic rings. The van der Waals surface area contributed by atoms with Crippen molar-refractivity contribution >= 4 is 11.8 Å². The number of nitrogens with one attached hydrogen (secondary N) is 3. The molecule has 1 aliphatic carbocycles. The van der Waals surface area contributed by atoms with Crippen molar-refractivity contribution in [3.05, 3.63) is 59.7 Å². The molecule has 2 amide bonds. The predicted octanol–water partition coefficient (Wildman–Crippen LogP) is 2.34. The Morgan fingerprint density at radius 3 is 2.32 bits per heavy atom. The molecule has 2 atom stereocenters. The Balaban J connectivity index is 1.57. The Labute approximate surface area is 174 Å². The third-order valence-corrected chi connectivity index (χ3v) is 5.70. The minimum atomic E-state index is -4.48. The van der Waals surface area contributed by atoms with E-state index in [-0.39, 0.29) is 18.4 Å². The first-order valence-corrected chi connectivity index (χ1v) is 9.56. The zero-order valence-corrected chi connectivity index (χ0v) is 16.1. The molecule has 0 spiro atoms. The molecular formula is C21H19F4N3O3. The summed E-state index contributed by atoms with van der Waals surface area (Å²) in [6, 6.07) is 10.6. The van der Waals surface area contributed by atoms with Crippen LogP contribution in [0.5, 0.6) is 0 Å². The van der Waals surface area contributed by atoms with Crippen LogP contribution in [0.25, 0.3) is 11.1 Å². The Bertz CT molecular complexity index is 1020. The van der Waals surface area contributed by atoms with Crippen LogP contribution >= 0.6 is 0 Å². The minimum Gasteiger partial charge on any atom is -0.361 e. The largest absolute Gasteiger partial charge is 0.416 e. The van der Waals surface area contributed by atoms with E-state index >= 15 is 0 Å². The number of amides is 2. The van der Waals surface area contributed by atoms with Crippen LogP contribution in [0, 0.1) is 0 Å². The zero-order chi connectivity index (χ0) is 22.4. The number of hydrogen-bond acceptors (Lipinski definition) is 4. The molecule has 2 aliphatic rings. The summed E-state index contributed by atoms with van der Waals surface area (Å²) >= 11 is 0. The van der Waals surface area contributed by atoms with Crippen molar-refractivity contribution in [2.45, 2.75) is 36.6 Å². The van der Waals surface area contributed by atoms with E-state index < -0.39 is 47.7 Å². The van der Waals surface area contributed by atoms with Crippen molar-refractivity contribution in [2.75, 3.05) is 6.54 Å². The lowest BCUT2D eigenvalue weighted by molar-refractivity contribution is -0.137. The third-order valence-electron chi connectivity index (χ3n) is 5.70. The summed E-state index contributed by atoms with van der Waals surface area (Å²) in [5.41, 5.74) is -3.58. The van der Waals surface area contributed by atoms with Crippen LogP contribution in [-0.2, 0) is 11.0 Å². The maximum absolute atomic E-state index is 14.9. The van der Waals surface area contributed by atoms with Crippen molar-refractivity contribution < 1.29 is 32.3 Å². The molecule has 31 heavy (non-hydrogen) atoms. The lowest BCUT2D eigenvalue weighted by Crippen LogP contribution is -2.63. The van der Waals surface area contributed by atoms with Crippen LogP contribution < -0.4 is 16.0 Å². The minimum absolute atomic E-state index is 0.109. The Hall–Kier alpha value is -2.98. The van der Waals surface area contributed by atoms with Gasteiger partial charge in [-0.3, -0.25) is 14.9 Å². The normalized spacial score (nSPS) is 24.5. The van der Waals surface area contributed by atoms with Crippen molar-refractivity contribution in [2.24, 2.45) is 0 Å². The molecule has 1 saturated heterocycles. The molecule has 0 bridgehead atoms. The summed E-state index contributed by atoms with van der Waals surface area (Å²) < 4.78 is 53.4. The molecule has 2 fully saturated rings. The highest BCUT2D eigenvalue weighted by atomic mass is 19.4. The Kier molecular flexibility index (Phi) is 5.01. The van der Waals surface area contributed by atoms with Crippen molar-refractivity contribution in [1.82, 2.24) is 16.0 Å². The molecule has 164 valence electrons. The number of carbonyl (C=O) groups excluding carboxylic acids is 2. The van der Waals surface area contributed by atoms with Crippen LogP contribution in [0.3, 0.4) is 0 Å². The fraction of sp³-hybridized carbons (Fsp3) is 0.333. The van der Waals surface area contributed by atoms with Gasteiger partial charge in [-0.25, -0.2) is 4.39 Å². The third kappa shape index (κ3) is 3.77. The summed E-state index contributed by atoms with van der Waals surface area (Å²) in [5, 5.41) is 16.9. The molecular weight excluding hydrogens is 418 g/mol. The van der Waals surface area contributed by atoms with Gasteiger partial charge in [-0.1, -0.05) is 30.3 Å². The van der Waals surface area contributed by atoms with Gasteiger partial charge in [0.1, 0.15) is 5.67 Å². The van der Waals surface area contributed by atoms with Crippen molar-refractivity contribution in [3.63, 3.8) is 0 Å². The van der Waals surface area contributed by atoms with Crippen molar-refractivity contribution in [3.8, 4) is 11.1 Å². The monoisotopic (exact) mass is 437 g/mol. The van der Waals surface area contributed by atoms with Gasteiger partial charge in [0, 0.05) is 12.1 Å².